The molecule has 7 heteroatoms. The minimum Gasteiger partial charge on any atom is -0.507 e. The molecule has 0 aromatic heterocycles. The van der Waals surface area contributed by atoms with E-state index in [1.807, 2.05) is 0 Å². The number of hydrogen-bond donors (Lipinski definition) is 3. The monoisotopic (exact) mass is 378 g/mol. The largest absolute Gasteiger partial charge is 0.507 e. The van der Waals surface area contributed by atoms with Crippen LogP contribution in [0.4, 0.5) is 0 Å². The second-order valence-electron chi connectivity index (χ2n) is 6.82. The van der Waals surface area contributed by atoms with E-state index in [1.165, 1.54) is 25.3 Å². The molecule has 0 fully saturated rings. The number of aryl methyl sites for hydroxylation is 1. The first-order chi connectivity index (χ1) is 12.7. The summed E-state index contributed by atoms with van der Waals surface area (Å²) in [5, 5.41) is 30.3. The number of benzene rings is 1. The first kappa shape index (κ1) is 20.9. The third-order valence-corrected chi connectivity index (χ3v) is 4.81. The van der Waals surface area contributed by atoms with Crippen LogP contribution in [-0.2, 0) is 16.0 Å². The smallest absolute Gasteiger partial charge is 0.342 e. The average molecular weight is 378 g/mol. The molecule has 0 saturated heterocycles. The zero-order valence-electron chi connectivity index (χ0n) is 15.7. The van der Waals surface area contributed by atoms with Crippen LogP contribution in [0.25, 0.3) is 0 Å². The highest BCUT2D eigenvalue weighted by atomic mass is 16.5. The van der Waals surface area contributed by atoms with Gasteiger partial charge in [-0.3, -0.25) is 4.79 Å². The molecule has 27 heavy (non-hydrogen) atoms. The van der Waals surface area contributed by atoms with E-state index in [-0.39, 0.29) is 23.7 Å². The van der Waals surface area contributed by atoms with Crippen molar-refractivity contribution < 1.29 is 34.4 Å². The van der Waals surface area contributed by atoms with Gasteiger partial charge in [0.25, 0.3) is 0 Å². The molecule has 0 radical (unpaired) electrons. The number of ether oxygens (including phenoxy) is 2. The summed E-state index contributed by atoms with van der Waals surface area (Å²) in [6, 6.07) is 2.97. The molecule has 1 aliphatic rings. The number of hydrogen-bond acceptors (Lipinski definition) is 7. The highest BCUT2D eigenvalue weighted by Crippen LogP contribution is 2.31. The first-order valence-electron chi connectivity index (χ1n) is 8.93. The van der Waals surface area contributed by atoms with Crippen molar-refractivity contribution in [3.63, 3.8) is 0 Å². The van der Waals surface area contributed by atoms with Gasteiger partial charge in [0.1, 0.15) is 29.3 Å². The number of aromatic hydroxyl groups is 1. The normalized spacial score (nSPS) is 28.6. The number of phenolic OH excluding ortho intramolecular Hbond substituents is 1. The Hall–Kier alpha value is -2.38. The molecule has 1 aromatic carbocycles. The fourth-order valence-electron chi connectivity index (χ4n) is 2.89. The number of aliphatic hydroxyl groups excluding tert-OH is 2. The summed E-state index contributed by atoms with van der Waals surface area (Å²) in [7, 11) is 1.45. The molecule has 2 rings (SSSR count). The van der Waals surface area contributed by atoms with Crippen molar-refractivity contribution in [3.05, 3.63) is 35.4 Å². The second-order valence-corrected chi connectivity index (χ2v) is 6.82. The van der Waals surface area contributed by atoms with Gasteiger partial charge in [-0.15, -0.1) is 0 Å². The van der Waals surface area contributed by atoms with Gasteiger partial charge < -0.3 is 24.8 Å². The topological polar surface area (TPSA) is 113 Å². The Bertz CT molecular complexity index is 725. The molecule has 4 atom stereocenters. The number of fused-ring (bicyclic) bond motifs is 1. The van der Waals surface area contributed by atoms with Gasteiger partial charge in [-0.25, -0.2) is 4.79 Å². The van der Waals surface area contributed by atoms with Crippen LogP contribution in [0.1, 0.15) is 42.6 Å². The van der Waals surface area contributed by atoms with Gasteiger partial charge in [-0.05, 0) is 43.9 Å². The molecule has 1 aliphatic heterocycles. The van der Waals surface area contributed by atoms with Gasteiger partial charge in [-0.2, -0.15) is 0 Å². The van der Waals surface area contributed by atoms with Crippen LogP contribution in [0.2, 0.25) is 0 Å². The zero-order valence-corrected chi connectivity index (χ0v) is 15.7. The summed E-state index contributed by atoms with van der Waals surface area (Å²) < 4.78 is 10.6. The van der Waals surface area contributed by atoms with Crippen LogP contribution in [-0.4, -0.2) is 52.5 Å². The van der Waals surface area contributed by atoms with E-state index in [9.17, 15) is 24.9 Å². The Labute approximate surface area is 158 Å². The lowest BCUT2D eigenvalue weighted by molar-refractivity contribution is -0.128. The van der Waals surface area contributed by atoms with Crippen molar-refractivity contribution in [3.8, 4) is 11.5 Å². The third kappa shape index (κ3) is 5.08. The van der Waals surface area contributed by atoms with Gasteiger partial charge in [0, 0.05) is 12.0 Å². The highest BCUT2D eigenvalue weighted by Gasteiger charge is 2.26. The molecule has 0 spiro atoms. The molecule has 1 heterocycles. The minimum atomic E-state index is -1.51. The minimum absolute atomic E-state index is 0.0574. The molecule has 0 aliphatic carbocycles. The Morgan fingerprint density at radius 2 is 1.89 bits per heavy atom. The maximum absolute atomic E-state index is 12.6. The molecular formula is C20H26O7. The summed E-state index contributed by atoms with van der Waals surface area (Å²) in [4.78, 5) is 24.6. The third-order valence-electron chi connectivity index (χ3n) is 4.81. The van der Waals surface area contributed by atoms with Gasteiger partial charge in [0.2, 0.25) is 0 Å². The maximum atomic E-state index is 12.6. The molecule has 148 valence electrons. The maximum Gasteiger partial charge on any atom is 0.342 e. The van der Waals surface area contributed by atoms with Crippen molar-refractivity contribution >= 4 is 11.8 Å². The fourth-order valence-corrected chi connectivity index (χ4v) is 2.89. The number of rotatable bonds is 1. The van der Waals surface area contributed by atoms with Crippen molar-refractivity contribution in [2.24, 2.45) is 5.92 Å². The van der Waals surface area contributed by atoms with E-state index in [0.717, 1.165) is 0 Å². The fraction of sp³-hybridized carbons (Fsp3) is 0.500. The number of methoxy groups -OCH3 is 1. The summed E-state index contributed by atoms with van der Waals surface area (Å²) >= 11 is 0. The van der Waals surface area contributed by atoms with Crippen molar-refractivity contribution in [2.75, 3.05) is 7.11 Å². The Kier molecular flexibility index (Phi) is 6.98. The van der Waals surface area contributed by atoms with Crippen molar-refractivity contribution in [1.29, 1.82) is 0 Å². The number of carbonyl (C=O) groups is 2. The lowest BCUT2D eigenvalue weighted by Crippen LogP contribution is -2.33. The molecule has 1 aromatic rings. The highest BCUT2D eigenvalue weighted by molar-refractivity contribution is 5.95. The van der Waals surface area contributed by atoms with E-state index >= 15 is 0 Å². The predicted molar refractivity (Wildman–Crippen MR) is 97.8 cm³/mol. The molecule has 0 bridgehead atoms. The first-order valence-corrected chi connectivity index (χ1v) is 8.93. The molecule has 7 nitrogen and oxygen atoms in total. The van der Waals surface area contributed by atoms with Crippen LogP contribution in [0.15, 0.2) is 24.3 Å². The standard InChI is InChI=1S/C20H26O7/c1-11-7-8-16(22)19(24)15(21)6-4-5-13-9-14(26-3)10-17(23)18(13)20(25)27-12(11)2/h7-12,15,19,21,23-24H,4-6H2,1-3H3/b8-7-/t11-,12+,15+,19-/m1/s1. The van der Waals surface area contributed by atoms with Crippen LogP contribution >= 0.6 is 0 Å². The Balaban J connectivity index is 2.41. The molecular weight excluding hydrogens is 352 g/mol. The van der Waals surface area contributed by atoms with Gasteiger partial charge >= 0.3 is 5.97 Å². The molecule has 3 N–H and O–H groups in total. The van der Waals surface area contributed by atoms with Gasteiger partial charge in [0.15, 0.2) is 5.78 Å². The molecule has 0 unspecified atom stereocenters. The van der Waals surface area contributed by atoms with Crippen LogP contribution < -0.4 is 4.74 Å². The van der Waals surface area contributed by atoms with Crippen LogP contribution in [0.5, 0.6) is 11.5 Å². The summed E-state index contributed by atoms with van der Waals surface area (Å²) in [5.74, 6) is -1.42. The van der Waals surface area contributed by atoms with Crippen LogP contribution in [0.3, 0.4) is 0 Å². The lowest BCUT2D eigenvalue weighted by Gasteiger charge is -2.21. The van der Waals surface area contributed by atoms with E-state index in [4.69, 9.17) is 9.47 Å². The number of carbonyl (C=O) groups excluding carboxylic acids is 2. The number of cyclic esters (lactones) is 1. The summed E-state index contributed by atoms with van der Waals surface area (Å²) in [5.41, 5.74) is 0.569. The zero-order chi connectivity index (χ0) is 20.1. The van der Waals surface area contributed by atoms with Gasteiger partial charge in [-0.1, -0.05) is 13.0 Å². The lowest BCUT2D eigenvalue weighted by atomic mass is 9.96. The molecule has 0 saturated carbocycles. The van der Waals surface area contributed by atoms with E-state index < -0.39 is 30.1 Å². The van der Waals surface area contributed by atoms with E-state index in [0.29, 0.717) is 24.2 Å². The second kappa shape index (κ2) is 9.01. The number of esters is 1. The number of ketones is 1. The average Bonchev–Trinajstić information content (AvgIpc) is 2.63. The summed E-state index contributed by atoms with van der Waals surface area (Å²) in [6.45, 7) is 3.43. The summed E-state index contributed by atoms with van der Waals surface area (Å²) in [6.07, 6.45) is 0.294. The quantitative estimate of drug-likeness (QED) is 0.638. The predicted octanol–water partition coefficient (Wildman–Crippen LogP) is 1.77. The SMILES string of the molecule is COc1cc(O)c2c(c1)CCC[C@H](O)[C@@H](O)C(=O)/C=C\[C@@H](C)[C@H](C)OC2=O. The molecule has 0 amide bonds. The Morgan fingerprint density at radius 3 is 2.56 bits per heavy atom. The number of phenols is 1. The van der Waals surface area contributed by atoms with E-state index in [1.54, 1.807) is 19.9 Å². The van der Waals surface area contributed by atoms with Crippen LogP contribution in [0, 0.1) is 5.92 Å². The van der Waals surface area contributed by atoms with Gasteiger partial charge in [0.05, 0.1) is 13.2 Å². The van der Waals surface area contributed by atoms with Crippen molar-refractivity contribution in [2.45, 2.75) is 51.4 Å². The Morgan fingerprint density at radius 1 is 1.19 bits per heavy atom. The number of aliphatic hydroxyl groups is 2. The van der Waals surface area contributed by atoms with E-state index in [2.05, 4.69) is 0 Å². The van der Waals surface area contributed by atoms with Crippen molar-refractivity contribution in [1.82, 2.24) is 0 Å².